The molecule has 7 nitrogen and oxygen atoms in total. The van der Waals surface area contributed by atoms with Crippen molar-refractivity contribution in [3.05, 3.63) is 48.3 Å². The summed E-state index contributed by atoms with van der Waals surface area (Å²) in [6, 6.07) is 10.1. The van der Waals surface area contributed by atoms with Gasteiger partial charge < -0.3 is 24.6 Å². The van der Waals surface area contributed by atoms with Crippen molar-refractivity contribution in [2.45, 2.75) is 45.9 Å². The number of rotatable bonds is 9. The highest BCUT2D eigenvalue weighted by Gasteiger charge is 2.29. The first-order chi connectivity index (χ1) is 14.2. The van der Waals surface area contributed by atoms with Crippen molar-refractivity contribution in [1.82, 2.24) is 10.3 Å². The Hall–Kier alpha value is -2.87. The van der Waals surface area contributed by atoms with Gasteiger partial charge in [0, 0.05) is 12.3 Å². The Morgan fingerprint density at radius 1 is 1.13 bits per heavy atom. The fourth-order valence-electron chi connectivity index (χ4n) is 2.88. The molecule has 0 amide bonds. The van der Waals surface area contributed by atoms with E-state index in [-0.39, 0.29) is 34.2 Å². The lowest BCUT2D eigenvalue weighted by Gasteiger charge is -2.29. The third kappa shape index (κ3) is 6.06. The van der Waals surface area contributed by atoms with Gasteiger partial charge in [0.05, 0.1) is 7.11 Å². The lowest BCUT2D eigenvalue weighted by molar-refractivity contribution is -0.158. The Kier molecular flexibility index (Phi) is 8.41. The fourth-order valence-corrected chi connectivity index (χ4v) is 3.21. The number of nitrogens with zero attached hydrogens (tertiary/aromatic N) is 1. The summed E-state index contributed by atoms with van der Waals surface area (Å²) in [6.07, 6.45) is 0.654. The van der Waals surface area contributed by atoms with Gasteiger partial charge in [-0.3, -0.25) is 0 Å². The van der Waals surface area contributed by atoms with Crippen LogP contribution in [0, 0.1) is 5.92 Å². The van der Waals surface area contributed by atoms with Crippen LogP contribution in [-0.4, -0.2) is 46.4 Å². The molecule has 0 saturated heterocycles. The number of nitrogens with one attached hydrogen (secondary N) is 1. The van der Waals surface area contributed by atoms with Gasteiger partial charge in [0.15, 0.2) is 11.5 Å². The molecule has 2 rings (SSSR count). The maximum absolute atomic E-state index is 12.7. The van der Waals surface area contributed by atoms with E-state index in [0.29, 0.717) is 5.75 Å². The average molecular weight is 433 g/mol. The molecule has 2 N–H and O–H groups in total. The van der Waals surface area contributed by atoms with Crippen LogP contribution in [0.3, 0.4) is 0 Å². The Bertz CT molecular complexity index is 860. The van der Waals surface area contributed by atoms with E-state index in [4.69, 9.17) is 26.4 Å². The number of pyridine rings is 1. The molecule has 0 spiro atoms. The van der Waals surface area contributed by atoms with Crippen molar-refractivity contribution in [2.24, 2.45) is 5.92 Å². The lowest BCUT2D eigenvalue weighted by Crippen LogP contribution is -2.44. The number of hydrogen-bond acceptors (Lipinski definition) is 7. The summed E-state index contributed by atoms with van der Waals surface area (Å²) >= 11 is 5.29. The van der Waals surface area contributed by atoms with Gasteiger partial charge in [-0.25, -0.2) is 9.78 Å². The highest BCUT2D eigenvalue weighted by Crippen LogP contribution is 2.27. The van der Waals surface area contributed by atoms with Crippen molar-refractivity contribution < 1.29 is 24.1 Å². The molecule has 1 unspecified atom stereocenters. The topological polar surface area (TPSA) is 89.9 Å². The zero-order valence-corrected chi connectivity index (χ0v) is 18.6. The molecule has 162 valence electrons. The van der Waals surface area contributed by atoms with Crippen LogP contribution in [0.25, 0.3) is 0 Å². The molecule has 8 heteroatoms. The SMILES string of the molecule is COc1ccnc(C(=S)N[C@@H](C)C(=O)OC(C(C)C)[C@H](C)Oc2ccccc2)c1O. The first-order valence-corrected chi connectivity index (χ1v) is 10.1. The molecule has 0 aliphatic carbocycles. The third-order valence-electron chi connectivity index (χ3n) is 4.46. The highest BCUT2D eigenvalue weighted by molar-refractivity contribution is 7.80. The molecule has 1 heterocycles. The molecule has 30 heavy (non-hydrogen) atoms. The number of carbonyl (C=O) groups excluding carboxylic acids is 1. The van der Waals surface area contributed by atoms with Crippen molar-refractivity contribution in [3.8, 4) is 17.2 Å². The minimum atomic E-state index is -0.755. The molecule has 0 fully saturated rings. The predicted molar refractivity (Wildman–Crippen MR) is 118 cm³/mol. The number of esters is 1. The summed E-state index contributed by atoms with van der Waals surface area (Å²) in [7, 11) is 1.43. The minimum Gasteiger partial charge on any atom is -0.503 e. The van der Waals surface area contributed by atoms with Crippen LogP contribution in [0.15, 0.2) is 42.6 Å². The van der Waals surface area contributed by atoms with Gasteiger partial charge in [-0.05, 0) is 31.9 Å². The van der Waals surface area contributed by atoms with E-state index in [1.54, 1.807) is 6.92 Å². The summed E-state index contributed by atoms with van der Waals surface area (Å²) in [6.45, 7) is 7.42. The van der Waals surface area contributed by atoms with Gasteiger partial charge in [0.25, 0.3) is 0 Å². The summed E-state index contributed by atoms with van der Waals surface area (Å²) in [5, 5.41) is 13.1. The standard InChI is InChI=1S/C22H28N2O5S/c1-13(2)20(15(4)28-16-9-7-6-8-10-16)29-22(26)14(3)24-21(30)18-19(25)17(27-5)11-12-23-18/h6-15,20,25H,1-5H3,(H,24,30)/t14-,15-,20?/m0/s1. The molecular formula is C22H28N2O5S. The molecular weight excluding hydrogens is 404 g/mol. The molecule has 2 aromatic rings. The van der Waals surface area contributed by atoms with E-state index in [2.05, 4.69) is 10.3 Å². The Morgan fingerprint density at radius 3 is 2.40 bits per heavy atom. The summed E-state index contributed by atoms with van der Waals surface area (Å²) in [5.74, 6) is 0.311. The van der Waals surface area contributed by atoms with Crippen LogP contribution in [-0.2, 0) is 9.53 Å². The number of hydrogen-bond donors (Lipinski definition) is 2. The Balaban J connectivity index is 2.02. The highest BCUT2D eigenvalue weighted by atomic mass is 32.1. The fraction of sp³-hybridized carbons (Fsp3) is 0.409. The van der Waals surface area contributed by atoms with E-state index in [1.165, 1.54) is 19.4 Å². The van der Waals surface area contributed by atoms with E-state index >= 15 is 0 Å². The summed E-state index contributed by atoms with van der Waals surface area (Å²) in [5.41, 5.74) is 0.130. The number of ether oxygens (including phenoxy) is 3. The molecule has 0 aliphatic heterocycles. The third-order valence-corrected chi connectivity index (χ3v) is 4.77. The van der Waals surface area contributed by atoms with Gasteiger partial charge in [-0.1, -0.05) is 44.3 Å². The van der Waals surface area contributed by atoms with Crippen LogP contribution >= 0.6 is 12.2 Å². The van der Waals surface area contributed by atoms with Gasteiger partial charge in [0.2, 0.25) is 0 Å². The quantitative estimate of drug-likeness (QED) is 0.460. The number of methoxy groups -OCH3 is 1. The molecule has 0 bridgehead atoms. The Morgan fingerprint density at radius 2 is 1.80 bits per heavy atom. The van der Waals surface area contributed by atoms with E-state index < -0.39 is 18.1 Å². The number of aromatic nitrogens is 1. The van der Waals surface area contributed by atoms with Crippen molar-refractivity contribution in [3.63, 3.8) is 0 Å². The molecule has 1 aromatic carbocycles. The van der Waals surface area contributed by atoms with Gasteiger partial charge in [-0.15, -0.1) is 0 Å². The minimum absolute atomic E-state index is 0.0379. The van der Waals surface area contributed by atoms with Gasteiger partial charge in [-0.2, -0.15) is 0 Å². The second-order valence-corrected chi connectivity index (χ2v) is 7.60. The maximum atomic E-state index is 12.7. The maximum Gasteiger partial charge on any atom is 0.328 e. The number of para-hydroxylation sites is 1. The van der Waals surface area contributed by atoms with Crippen LogP contribution in [0.1, 0.15) is 33.4 Å². The van der Waals surface area contributed by atoms with Crippen LogP contribution in [0.5, 0.6) is 17.2 Å². The molecule has 0 radical (unpaired) electrons. The zero-order chi connectivity index (χ0) is 22.3. The first kappa shape index (κ1) is 23.4. The van der Waals surface area contributed by atoms with E-state index in [1.807, 2.05) is 51.1 Å². The zero-order valence-electron chi connectivity index (χ0n) is 17.8. The van der Waals surface area contributed by atoms with E-state index in [0.717, 1.165) is 0 Å². The predicted octanol–water partition coefficient (Wildman–Crippen LogP) is 3.48. The summed E-state index contributed by atoms with van der Waals surface area (Å²) < 4.78 is 16.7. The monoisotopic (exact) mass is 432 g/mol. The average Bonchev–Trinajstić information content (AvgIpc) is 2.72. The second kappa shape index (κ2) is 10.8. The molecule has 0 aliphatic rings. The van der Waals surface area contributed by atoms with Crippen molar-refractivity contribution in [2.75, 3.05) is 7.11 Å². The molecule has 1 aromatic heterocycles. The number of thiocarbonyl (C=S) groups is 1. The van der Waals surface area contributed by atoms with Crippen LogP contribution in [0.4, 0.5) is 0 Å². The van der Waals surface area contributed by atoms with Crippen molar-refractivity contribution in [1.29, 1.82) is 0 Å². The first-order valence-electron chi connectivity index (χ1n) is 9.69. The second-order valence-electron chi connectivity index (χ2n) is 7.19. The summed E-state index contributed by atoms with van der Waals surface area (Å²) in [4.78, 5) is 16.9. The molecule has 0 saturated carbocycles. The number of benzene rings is 1. The lowest BCUT2D eigenvalue weighted by atomic mass is 10.0. The number of carbonyl (C=O) groups is 1. The van der Waals surface area contributed by atoms with Crippen molar-refractivity contribution >= 4 is 23.2 Å². The molecule has 3 atom stereocenters. The van der Waals surface area contributed by atoms with Gasteiger partial charge in [0.1, 0.15) is 34.7 Å². The van der Waals surface area contributed by atoms with Crippen LogP contribution in [0.2, 0.25) is 0 Å². The number of aromatic hydroxyl groups is 1. The van der Waals surface area contributed by atoms with E-state index in [9.17, 15) is 9.90 Å². The van der Waals surface area contributed by atoms with Crippen LogP contribution < -0.4 is 14.8 Å². The van der Waals surface area contributed by atoms with Gasteiger partial charge >= 0.3 is 5.97 Å². The normalized spacial score (nSPS) is 13.8. The smallest absolute Gasteiger partial charge is 0.328 e. The largest absolute Gasteiger partial charge is 0.503 e. The Labute approximate surface area is 182 Å².